The van der Waals surface area contributed by atoms with E-state index in [4.69, 9.17) is 5.11 Å². The van der Waals surface area contributed by atoms with Crippen LogP contribution in [0.4, 0.5) is 0 Å². The van der Waals surface area contributed by atoms with Crippen LogP contribution < -0.4 is 0 Å². The summed E-state index contributed by atoms with van der Waals surface area (Å²) in [5, 5.41) is 18.2. The van der Waals surface area contributed by atoms with Gasteiger partial charge in [0, 0.05) is 18.2 Å². The summed E-state index contributed by atoms with van der Waals surface area (Å²) in [6.45, 7) is 0.334. The largest absolute Gasteiger partial charge is 0.508 e. The number of hydrogen-bond acceptors (Lipinski definition) is 3. The molecule has 16 heavy (non-hydrogen) atoms. The summed E-state index contributed by atoms with van der Waals surface area (Å²) in [6, 6.07) is 6.57. The number of carbonyl (C=O) groups excluding carboxylic acids is 1. The van der Waals surface area contributed by atoms with Gasteiger partial charge in [0.05, 0.1) is 6.61 Å². The number of aromatic hydroxyl groups is 1. The summed E-state index contributed by atoms with van der Waals surface area (Å²) >= 11 is 0. The summed E-state index contributed by atoms with van der Waals surface area (Å²) in [5.74, 6) is -0.0296. The van der Waals surface area contributed by atoms with Crippen molar-refractivity contribution < 1.29 is 15.0 Å². The number of benzene rings is 1. The van der Waals surface area contributed by atoms with E-state index in [1.807, 2.05) is 0 Å². The van der Waals surface area contributed by atoms with Crippen LogP contribution in [-0.2, 0) is 0 Å². The molecule has 1 saturated carbocycles. The van der Waals surface area contributed by atoms with E-state index in [9.17, 15) is 9.90 Å². The van der Waals surface area contributed by atoms with Crippen LogP contribution in [0.2, 0.25) is 0 Å². The van der Waals surface area contributed by atoms with Crippen molar-refractivity contribution in [3.8, 4) is 5.75 Å². The molecule has 0 radical (unpaired) electrons. The van der Waals surface area contributed by atoms with Crippen molar-refractivity contribution in [2.24, 2.45) is 0 Å². The van der Waals surface area contributed by atoms with E-state index in [-0.39, 0.29) is 24.3 Å². The molecule has 1 aromatic rings. The van der Waals surface area contributed by atoms with Gasteiger partial charge in [-0.2, -0.15) is 0 Å². The molecule has 0 saturated heterocycles. The van der Waals surface area contributed by atoms with Gasteiger partial charge in [-0.15, -0.1) is 0 Å². The lowest BCUT2D eigenvalue weighted by Gasteiger charge is -2.21. The van der Waals surface area contributed by atoms with Gasteiger partial charge in [-0.3, -0.25) is 4.79 Å². The lowest BCUT2D eigenvalue weighted by molar-refractivity contribution is 0.0707. The molecule has 0 unspecified atom stereocenters. The maximum absolute atomic E-state index is 12.1. The maximum Gasteiger partial charge on any atom is 0.254 e. The Morgan fingerprint density at radius 1 is 1.44 bits per heavy atom. The molecule has 0 atom stereocenters. The van der Waals surface area contributed by atoms with Crippen molar-refractivity contribution >= 4 is 5.91 Å². The van der Waals surface area contributed by atoms with Crippen LogP contribution in [0.15, 0.2) is 24.3 Å². The molecular formula is C12H15NO3. The second-order valence-electron chi connectivity index (χ2n) is 4.00. The van der Waals surface area contributed by atoms with Crippen molar-refractivity contribution in [1.82, 2.24) is 4.90 Å². The van der Waals surface area contributed by atoms with Crippen molar-refractivity contribution in [3.05, 3.63) is 29.8 Å². The Morgan fingerprint density at radius 3 is 2.75 bits per heavy atom. The lowest BCUT2D eigenvalue weighted by Crippen LogP contribution is -2.35. The van der Waals surface area contributed by atoms with Gasteiger partial charge in [-0.25, -0.2) is 0 Å². The van der Waals surface area contributed by atoms with Gasteiger partial charge in [0.1, 0.15) is 5.75 Å². The SMILES string of the molecule is O=C(c1cccc(O)c1)N(CCO)C1CC1. The summed E-state index contributed by atoms with van der Waals surface area (Å²) < 4.78 is 0. The number of aliphatic hydroxyl groups excluding tert-OH is 1. The average molecular weight is 221 g/mol. The first-order chi connectivity index (χ1) is 7.72. The minimum absolute atomic E-state index is 0.0267. The first kappa shape index (κ1) is 11.0. The smallest absolute Gasteiger partial charge is 0.254 e. The van der Waals surface area contributed by atoms with Gasteiger partial charge in [0.15, 0.2) is 0 Å². The van der Waals surface area contributed by atoms with Gasteiger partial charge < -0.3 is 15.1 Å². The Morgan fingerprint density at radius 2 is 2.19 bits per heavy atom. The Labute approximate surface area is 94.1 Å². The van der Waals surface area contributed by atoms with Gasteiger partial charge in [-0.05, 0) is 31.0 Å². The topological polar surface area (TPSA) is 60.8 Å². The van der Waals surface area contributed by atoms with Crippen molar-refractivity contribution in [3.63, 3.8) is 0 Å². The molecule has 0 spiro atoms. The minimum atomic E-state index is -0.118. The number of rotatable bonds is 4. The number of aliphatic hydroxyl groups is 1. The Hall–Kier alpha value is -1.55. The highest BCUT2D eigenvalue weighted by Gasteiger charge is 2.32. The molecule has 2 rings (SSSR count). The van der Waals surface area contributed by atoms with Gasteiger partial charge >= 0.3 is 0 Å². The Kier molecular flexibility index (Phi) is 3.10. The molecule has 1 amide bonds. The number of carbonyl (C=O) groups is 1. The van der Waals surface area contributed by atoms with E-state index in [0.29, 0.717) is 12.1 Å². The normalized spacial score (nSPS) is 14.8. The van der Waals surface area contributed by atoms with E-state index >= 15 is 0 Å². The Balaban J connectivity index is 2.15. The summed E-state index contributed by atoms with van der Waals surface area (Å²) in [5.41, 5.74) is 0.473. The van der Waals surface area contributed by atoms with Crippen LogP contribution in [0.3, 0.4) is 0 Å². The van der Waals surface area contributed by atoms with Crippen molar-refractivity contribution in [2.75, 3.05) is 13.2 Å². The average Bonchev–Trinajstić information content (AvgIpc) is 3.09. The van der Waals surface area contributed by atoms with Crippen molar-refractivity contribution in [2.45, 2.75) is 18.9 Å². The molecule has 0 bridgehead atoms. The quantitative estimate of drug-likeness (QED) is 0.797. The predicted octanol–water partition coefficient (Wildman–Crippen LogP) is 0.989. The van der Waals surface area contributed by atoms with Crippen LogP contribution in [0.25, 0.3) is 0 Å². The van der Waals surface area contributed by atoms with Crippen LogP contribution in [0.1, 0.15) is 23.2 Å². The molecular weight excluding hydrogens is 206 g/mol. The molecule has 0 aromatic heterocycles. The molecule has 4 nitrogen and oxygen atoms in total. The van der Waals surface area contributed by atoms with Crippen LogP contribution in [0.5, 0.6) is 5.75 Å². The molecule has 1 aliphatic carbocycles. The lowest BCUT2D eigenvalue weighted by atomic mass is 10.2. The second-order valence-corrected chi connectivity index (χ2v) is 4.00. The molecule has 1 aromatic carbocycles. The zero-order valence-electron chi connectivity index (χ0n) is 8.97. The highest BCUT2D eigenvalue weighted by atomic mass is 16.3. The standard InChI is InChI=1S/C12H15NO3/c14-7-6-13(10-4-5-10)12(16)9-2-1-3-11(15)8-9/h1-3,8,10,14-15H,4-7H2. The number of hydrogen-bond donors (Lipinski definition) is 2. The number of amides is 1. The number of phenols is 1. The molecule has 1 aliphatic rings. The first-order valence-corrected chi connectivity index (χ1v) is 5.43. The third-order valence-electron chi connectivity index (χ3n) is 2.68. The van der Waals surface area contributed by atoms with Gasteiger partial charge in [0.25, 0.3) is 5.91 Å². The van der Waals surface area contributed by atoms with Crippen LogP contribution in [-0.4, -0.2) is 40.2 Å². The number of nitrogens with zero attached hydrogens (tertiary/aromatic N) is 1. The summed E-state index contributed by atoms with van der Waals surface area (Å²) in [7, 11) is 0. The van der Waals surface area contributed by atoms with E-state index in [2.05, 4.69) is 0 Å². The summed E-state index contributed by atoms with van der Waals surface area (Å²) in [6.07, 6.45) is 2.01. The van der Waals surface area contributed by atoms with Crippen LogP contribution in [0, 0.1) is 0 Å². The van der Waals surface area contributed by atoms with Crippen LogP contribution >= 0.6 is 0 Å². The van der Waals surface area contributed by atoms with E-state index in [1.54, 1.807) is 17.0 Å². The third-order valence-corrected chi connectivity index (χ3v) is 2.68. The van der Waals surface area contributed by atoms with Gasteiger partial charge in [-0.1, -0.05) is 6.07 Å². The van der Waals surface area contributed by atoms with E-state index < -0.39 is 0 Å². The van der Waals surface area contributed by atoms with E-state index in [0.717, 1.165) is 12.8 Å². The monoisotopic (exact) mass is 221 g/mol. The minimum Gasteiger partial charge on any atom is -0.508 e. The van der Waals surface area contributed by atoms with Crippen molar-refractivity contribution in [1.29, 1.82) is 0 Å². The molecule has 2 N–H and O–H groups in total. The maximum atomic E-state index is 12.1. The third kappa shape index (κ3) is 2.33. The fraction of sp³-hybridized carbons (Fsp3) is 0.417. The molecule has 0 heterocycles. The van der Waals surface area contributed by atoms with E-state index in [1.165, 1.54) is 12.1 Å². The number of phenolic OH excluding ortho intramolecular Hbond substituents is 1. The fourth-order valence-corrected chi connectivity index (χ4v) is 1.75. The highest BCUT2D eigenvalue weighted by Crippen LogP contribution is 2.28. The first-order valence-electron chi connectivity index (χ1n) is 5.43. The molecule has 86 valence electrons. The van der Waals surface area contributed by atoms with Gasteiger partial charge in [0.2, 0.25) is 0 Å². The summed E-state index contributed by atoms with van der Waals surface area (Å²) in [4.78, 5) is 13.7. The Bertz CT molecular complexity index is 388. The molecule has 1 fully saturated rings. The zero-order chi connectivity index (χ0) is 11.5. The zero-order valence-corrected chi connectivity index (χ0v) is 8.97. The molecule has 4 heteroatoms. The molecule has 0 aliphatic heterocycles. The fourth-order valence-electron chi connectivity index (χ4n) is 1.75. The predicted molar refractivity (Wildman–Crippen MR) is 59.3 cm³/mol. The second kappa shape index (κ2) is 4.53. The highest BCUT2D eigenvalue weighted by molar-refractivity contribution is 5.95.